The van der Waals surface area contributed by atoms with Gasteiger partial charge in [-0.2, -0.15) is 0 Å². The fraction of sp³-hybridized carbons (Fsp3) is 0.630. The first-order valence-electron chi connectivity index (χ1n) is 13.4. The lowest BCUT2D eigenvalue weighted by atomic mass is 9.87. The maximum atomic E-state index is 14.6. The van der Waals surface area contributed by atoms with Gasteiger partial charge in [-0.1, -0.05) is 26.2 Å². The van der Waals surface area contributed by atoms with E-state index in [1.807, 2.05) is 0 Å². The molecule has 3 fully saturated rings. The van der Waals surface area contributed by atoms with E-state index in [1.54, 1.807) is 24.7 Å². The molecular weight excluding hydrogens is 477 g/mol. The summed E-state index contributed by atoms with van der Waals surface area (Å²) in [4.78, 5) is 11.1. The summed E-state index contributed by atoms with van der Waals surface area (Å²) in [5, 5.41) is 3.50. The number of ether oxygens (including phenoxy) is 1. The number of halogens is 1. The Morgan fingerprint density at radius 1 is 1.31 bits per heavy atom. The first kappa shape index (κ1) is 25.7. The van der Waals surface area contributed by atoms with E-state index in [2.05, 4.69) is 31.8 Å². The Kier molecular flexibility index (Phi) is 8.30. The molecule has 5 rings (SSSR count). The van der Waals surface area contributed by atoms with Crippen molar-refractivity contribution in [3.63, 3.8) is 0 Å². The Bertz CT molecular complexity index is 1020. The highest BCUT2D eigenvalue weighted by atomic mass is 32.2. The number of unbranched alkanes of at least 4 members (excludes halogenated alkanes) is 1. The van der Waals surface area contributed by atoms with Gasteiger partial charge in [-0.3, -0.25) is 0 Å². The van der Waals surface area contributed by atoms with Crippen LogP contribution in [0, 0.1) is 17.2 Å². The summed E-state index contributed by atoms with van der Waals surface area (Å²) in [6, 6.07) is 4.42. The van der Waals surface area contributed by atoms with E-state index in [1.165, 1.54) is 12.5 Å². The molecule has 3 aliphatic rings. The van der Waals surface area contributed by atoms with Crippen LogP contribution in [-0.2, 0) is 11.4 Å². The second kappa shape index (κ2) is 11.6. The van der Waals surface area contributed by atoms with Crippen LogP contribution in [0.15, 0.2) is 30.7 Å². The number of nitrogens with one attached hydrogen (secondary N) is 2. The molecule has 1 aromatic carbocycles. The van der Waals surface area contributed by atoms with Gasteiger partial charge in [0.05, 0.1) is 12.2 Å². The predicted octanol–water partition coefficient (Wildman–Crippen LogP) is 4.88. The minimum Gasteiger partial charge on any atom is -0.598 e. The molecule has 1 saturated carbocycles. The summed E-state index contributed by atoms with van der Waals surface area (Å²) in [5.74, 6) is 2.49. The maximum Gasteiger partial charge on any atom is 0.188 e. The predicted molar refractivity (Wildman–Crippen MR) is 141 cm³/mol. The second-order valence-electron chi connectivity index (χ2n) is 10.6. The highest BCUT2D eigenvalue weighted by Gasteiger charge is 2.41. The van der Waals surface area contributed by atoms with Crippen LogP contribution in [0.4, 0.5) is 10.2 Å². The molecule has 2 saturated heterocycles. The molecule has 3 heterocycles. The topological polar surface area (TPSA) is 85.4 Å². The van der Waals surface area contributed by atoms with Crippen molar-refractivity contribution in [3.8, 4) is 11.5 Å². The van der Waals surface area contributed by atoms with E-state index in [9.17, 15) is 8.94 Å². The minimum absolute atomic E-state index is 0.233. The van der Waals surface area contributed by atoms with Crippen molar-refractivity contribution >= 4 is 17.2 Å². The van der Waals surface area contributed by atoms with Crippen LogP contribution in [0.1, 0.15) is 69.9 Å². The van der Waals surface area contributed by atoms with Crippen molar-refractivity contribution in [3.05, 3.63) is 42.1 Å². The van der Waals surface area contributed by atoms with E-state index in [4.69, 9.17) is 4.74 Å². The van der Waals surface area contributed by atoms with Gasteiger partial charge in [-0.15, -0.1) is 4.72 Å². The van der Waals surface area contributed by atoms with Crippen LogP contribution in [0.2, 0.25) is 0 Å². The van der Waals surface area contributed by atoms with Crippen LogP contribution < -0.4 is 19.7 Å². The van der Waals surface area contributed by atoms with Crippen molar-refractivity contribution in [2.24, 2.45) is 11.3 Å². The van der Waals surface area contributed by atoms with Crippen molar-refractivity contribution in [2.75, 3.05) is 36.8 Å². The minimum atomic E-state index is -1.19. The zero-order valence-electron chi connectivity index (χ0n) is 21.2. The van der Waals surface area contributed by atoms with Gasteiger partial charge in [0.25, 0.3) is 0 Å². The van der Waals surface area contributed by atoms with Crippen molar-refractivity contribution in [2.45, 2.75) is 64.3 Å². The standard InChI is InChI=1S/C27H38FN5O2S/c1-2-3-14-36(34)32-25(20-6-4-5-7-20)22-15-21(28)8-9-23(22)35-24-16-30-19-31-26(24)33-13-11-27(18-33)10-12-29-17-27/h8-9,15-16,19-20,25,29,32H,2-7,10-14,17-18H2,1H3. The van der Waals surface area contributed by atoms with Crippen molar-refractivity contribution in [1.82, 2.24) is 20.0 Å². The summed E-state index contributed by atoms with van der Waals surface area (Å²) < 4.78 is 37.3. The number of anilines is 1. The molecule has 7 nitrogen and oxygen atoms in total. The third-order valence-electron chi connectivity index (χ3n) is 8.07. The average Bonchev–Trinajstić information content (AvgIpc) is 3.66. The molecule has 196 valence electrons. The fourth-order valence-electron chi connectivity index (χ4n) is 6.03. The van der Waals surface area contributed by atoms with Gasteiger partial charge in [-0.25, -0.2) is 14.4 Å². The Hall–Kier alpha value is -1.94. The summed E-state index contributed by atoms with van der Waals surface area (Å²) in [7, 11) is 0. The molecule has 3 unspecified atom stereocenters. The van der Waals surface area contributed by atoms with Gasteiger partial charge in [-0.05, 0) is 62.8 Å². The molecule has 2 aromatic rings. The van der Waals surface area contributed by atoms with Crippen molar-refractivity contribution < 1.29 is 13.7 Å². The van der Waals surface area contributed by atoms with Gasteiger partial charge >= 0.3 is 0 Å². The molecular formula is C27H38FN5O2S. The molecule has 9 heteroatoms. The molecule has 0 amide bonds. The van der Waals surface area contributed by atoms with Crippen LogP contribution in [0.25, 0.3) is 0 Å². The number of aromatic nitrogens is 2. The number of nitrogens with zero attached hydrogens (tertiary/aromatic N) is 3. The molecule has 2 aliphatic heterocycles. The fourth-order valence-corrected chi connectivity index (χ4v) is 7.31. The lowest BCUT2D eigenvalue weighted by molar-refractivity contribution is 0.368. The van der Waals surface area contributed by atoms with Gasteiger partial charge in [0.1, 0.15) is 23.6 Å². The Morgan fingerprint density at radius 3 is 2.94 bits per heavy atom. The lowest BCUT2D eigenvalue weighted by Crippen LogP contribution is -2.34. The molecule has 0 bridgehead atoms. The average molecular weight is 516 g/mol. The second-order valence-corrected chi connectivity index (χ2v) is 12.0. The van der Waals surface area contributed by atoms with Gasteiger partial charge in [0.15, 0.2) is 11.6 Å². The Labute approximate surface area is 216 Å². The SMILES string of the molecule is CCCC[S+]([O-])NC(c1cc(F)ccc1Oc1cncnc1N1CCC2(CCNC2)C1)C1CCCC1. The van der Waals surface area contributed by atoms with Gasteiger partial charge < -0.3 is 19.5 Å². The van der Waals surface area contributed by atoms with Crippen LogP contribution >= 0.6 is 0 Å². The summed E-state index contributed by atoms with van der Waals surface area (Å²) in [6.45, 7) is 6.06. The Morgan fingerprint density at radius 2 is 2.17 bits per heavy atom. The Balaban J connectivity index is 1.42. The quantitative estimate of drug-likeness (QED) is 0.436. The van der Waals surface area contributed by atoms with Gasteiger partial charge in [0.2, 0.25) is 0 Å². The first-order chi connectivity index (χ1) is 17.6. The van der Waals surface area contributed by atoms with E-state index in [0.29, 0.717) is 28.6 Å². The monoisotopic (exact) mass is 515 g/mol. The van der Waals surface area contributed by atoms with Crippen LogP contribution in [-0.4, -0.2) is 46.5 Å². The van der Waals surface area contributed by atoms with E-state index in [-0.39, 0.29) is 11.9 Å². The molecule has 2 N–H and O–H groups in total. The number of rotatable bonds is 10. The van der Waals surface area contributed by atoms with Crippen LogP contribution in [0.3, 0.4) is 0 Å². The highest BCUT2D eigenvalue weighted by Crippen LogP contribution is 2.44. The molecule has 3 atom stereocenters. The summed E-state index contributed by atoms with van der Waals surface area (Å²) >= 11 is -1.19. The summed E-state index contributed by atoms with van der Waals surface area (Å²) in [5.41, 5.74) is 1.02. The molecule has 36 heavy (non-hydrogen) atoms. The zero-order valence-corrected chi connectivity index (χ0v) is 22.0. The molecule has 1 aromatic heterocycles. The van der Waals surface area contributed by atoms with Gasteiger partial charge in [0, 0.05) is 42.0 Å². The van der Waals surface area contributed by atoms with Crippen LogP contribution in [0.5, 0.6) is 11.5 Å². The highest BCUT2D eigenvalue weighted by molar-refractivity contribution is 7.89. The van der Waals surface area contributed by atoms with E-state index in [0.717, 1.165) is 82.5 Å². The molecule has 0 radical (unpaired) electrons. The summed E-state index contributed by atoms with van der Waals surface area (Å²) in [6.07, 6.45) is 11.8. The largest absolute Gasteiger partial charge is 0.598 e. The molecule has 1 spiro atoms. The van der Waals surface area contributed by atoms with E-state index < -0.39 is 11.4 Å². The number of benzene rings is 1. The van der Waals surface area contributed by atoms with E-state index >= 15 is 0 Å². The normalized spacial score (nSPS) is 24.0. The smallest absolute Gasteiger partial charge is 0.188 e. The molecule has 1 aliphatic carbocycles. The maximum absolute atomic E-state index is 14.6. The first-order valence-corrected chi connectivity index (χ1v) is 14.8. The lowest BCUT2D eigenvalue weighted by Gasteiger charge is -2.28. The number of hydrogen-bond donors (Lipinski definition) is 2. The zero-order chi connectivity index (χ0) is 25.0. The van der Waals surface area contributed by atoms with Crippen molar-refractivity contribution in [1.29, 1.82) is 0 Å². The third-order valence-corrected chi connectivity index (χ3v) is 9.24. The third kappa shape index (κ3) is 5.79. The number of hydrogen-bond acceptors (Lipinski definition) is 7.